The summed E-state index contributed by atoms with van der Waals surface area (Å²) < 4.78 is 36.5. The maximum Gasteiger partial charge on any atom is 0.256 e. The van der Waals surface area contributed by atoms with Crippen molar-refractivity contribution in [1.82, 2.24) is 9.78 Å². The molecule has 8 nitrogen and oxygen atoms in total. The fraction of sp³-hybridized carbons (Fsp3) is 0.273. The molecule has 9 heteroatoms. The number of ether oxygens (including phenoxy) is 2. The van der Waals surface area contributed by atoms with E-state index in [4.69, 9.17) is 9.47 Å². The third-order valence-electron chi connectivity index (χ3n) is 5.25. The SMILES string of the molecule is COc1ccc(C(=O)Nc2c3c(nn2-c2ccc(C)cc2C)CS(=O)(=O)C3)cc1OC. The first-order valence-electron chi connectivity index (χ1n) is 9.64. The lowest BCUT2D eigenvalue weighted by molar-refractivity contribution is 0.102. The summed E-state index contributed by atoms with van der Waals surface area (Å²) in [6, 6.07) is 10.7. The molecule has 162 valence electrons. The fourth-order valence-corrected chi connectivity index (χ4v) is 5.24. The molecule has 0 bridgehead atoms. The second kappa shape index (κ2) is 7.73. The Bertz CT molecular complexity index is 1290. The number of aryl methyl sites for hydroxylation is 2. The van der Waals surface area contributed by atoms with Gasteiger partial charge in [0.2, 0.25) is 0 Å². The first-order chi connectivity index (χ1) is 14.7. The van der Waals surface area contributed by atoms with Gasteiger partial charge in [-0.25, -0.2) is 13.1 Å². The quantitative estimate of drug-likeness (QED) is 0.653. The molecule has 0 spiro atoms. The van der Waals surface area contributed by atoms with E-state index in [0.717, 1.165) is 16.8 Å². The number of hydrogen-bond donors (Lipinski definition) is 1. The average Bonchev–Trinajstić information content (AvgIpc) is 3.19. The second-order valence-corrected chi connectivity index (χ2v) is 9.60. The third-order valence-corrected chi connectivity index (χ3v) is 6.69. The number of hydrogen-bond acceptors (Lipinski definition) is 6. The number of aromatic nitrogens is 2. The standard InChI is InChI=1S/C22H23N3O5S/c1-13-5-7-18(14(2)9-13)25-21(16-11-31(27,28)12-17(16)24-25)23-22(26)15-6-8-19(29-3)20(10-15)30-4/h5-10H,11-12H2,1-4H3,(H,23,26). The third kappa shape index (κ3) is 3.88. The molecule has 1 aliphatic heterocycles. The molecule has 0 unspecified atom stereocenters. The average molecular weight is 442 g/mol. The van der Waals surface area contributed by atoms with Crippen LogP contribution in [0.25, 0.3) is 5.69 Å². The Morgan fingerprint density at radius 2 is 1.77 bits per heavy atom. The van der Waals surface area contributed by atoms with Crippen LogP contribution >= 0.6 is 0 Å². The van der Waals surface area contributed by atoms with Crippen LogP contribution in [-0.4, -0.2) is 38.3 Å². The Morgan fingerprint density at radius 1 is 1.03 bits per heavy atom. The van der Waals surface area contributed by atoms with E-state index >= 15 is 0 Å². The van der Waals surface area contributed by atoms with Gasteiger partial charge in [-0.2, -0.15) is 5.10 Å². The summed E-state index contributed by atoms with van der Waals surface area (Å²) in [5.41, 5.74) is 4.17. The monoisotopic (exact) mass is 441 g/mol. The normalized spacial score (nSPS) is 14.2. The Balaban J connectivity index is 1.78. The van der Waals surface area contributed by atoms with Crippen LogP contribution in [0.2, 0.25) is 0 Å². The van der Waals surface area contributed by atoms with Crippen molar-refractivity contribution in [2.75, 3.05) is 19.5 Å². The highest BCUT2D eigenvalue weighted by molar-refractivity contribution is 7.90. The molecule has 3 aromatic rings. The fourth-order valence-electron chi connectivity index (χ4n) is 3.75. The van der Waals surface area contributed by atoms with Crippen molar-refractivity contribution in [2.45, 2.75) is 25.4 Å². The van der Waals surface area contributed by atoms with Crippen LogP contribution in [-0.2, 0) is 21.3 Å². The zero-order valence-corrected chi connectivity index (χ0v) is 18.5. The molecule has 1 amide bonds. The van der Waals surface area contributed by atoms with Crippen molar-refractivity contribution in [3.8, 4) is 17.2 Å². The lowest BCUT2D eigenvalue weighted by Gasteiger charge is -2.14. The molecule has 0 saturated heterocycles. The molecule has 0 fully saturated rings. The number of carbonyl (C=O) groups is 1. The van der Waals surface area contributed by atoms with Crippen LogP contribution in [0.5, 0.6) is 11.5 Å². The van der Waals surface area contributed by atoms with E-state index < -0.39 is 15.7 Å². The predicted molar refractivity (Wildman–Crippen MR) is 117 cm³/mol. The van der Waals surface area contributed by atoms with Crippen molar-refractivity contribution in [3.05, 3.63) is 64.3 Å². The van der Waals surface area contributed by atoms with Gasteiger partial charge in [0.15, 0.2) is 21.3 Å². The van der Waals surface area contributed by atoms with Gasteiger partial charge in [0.05, 0.1) is 37.1 Å². The van der Waals surface area contributed by atoms with E-state index in [1.807, 2.05) is 32.0 Å². The summed E-state index contributed by atoms with van der Waals surface area (Å²) in [5.74, 6) is 0.591. The van der Waals surface area contributed by atoms with E-state index in [9.17, 15) is 13.2 Å². The molecule has 2 heterocycles. The molecule has 1 aliphatic rings. The smallest absolute Gasteiger partial charge is 0.256 e. The van der Waals surface area contributed by atoms with Gasteiger partial charge in [-0.15, -0.1) is 0 Å². The molecule has 1 N–H and O–H groups in total. The van der Waals surface area contributed by atoms with Crippen molar-refractivity contribution in [2.24, 2.45) is 0 Å². The highest BCUT2D eigenvalue weighted by Gasteiger charge is 2.33. The Kier molecular flexibility index (Phi) is 5.22. The second-order valence-electron chi connectivity index (χ2n) is 7.53. The predicted octanol–water partition coefficient (Wildman–Crippen LogP) is 3.19. The Labute approximate surface area is 180 Å². The molecular formula is C22H23N3O5S. The minimum absolute atomic E-state index is 0.139. The number of nitrogens with zero attached hydrogens (tertiary/aromatic N) is 2. The van der Waals surface area contributed by atoms with Gasteiger partial charge >= 0.3 is 0 Å². The number of rotatable bonds is 5. The number of sulfone groups is 1. The highest BCUT2D eigenvalue weighted by Crippen LogP contribution is 2.34. The van der Waals surface area contributed by atoms with E-state index in [-0.39, 0.29) is 11.5 Å². The molecule has 0 saturated carbocycles. The maximum atomic E-state index is 13.1. The van der Waals surface area contributed by atoms with E-state index in [1.165, 1.54) is 14.2 Å². The summed E-state index contributed by atoms with van der Waals surface area (Å²) in [4.78, 5) is 13.1. The van der Waals surface area contributed by atoms with E-state index in [0.29, 0.717) is 34.1 Å². The molecular weight excluding hydrogens is 418 g/mol. The lowest BCUT2D eigenvalue weighted by Crippen LogP contribution is -2.17. The number of methoxy groups -OCH3 is 2. The van der Waals surface area contributed by atoms with Gasteiger partial charge in [-0.05, 0) is 43.7 Å². The summed E-state index contributed by atoms with van der Waals surface area (Å²) in [7, 11) is -0.274. The van der Waals surface area contributed by atoms with Crippen LogP contribution in [0.15, 0.2) is 36.4 Å². The van der Waals surface area contributed by atoms with Crippen LogP contribution < -0.4 is 14.8 Å². The topological polar surface area (TPSA) is 99.5 Å². The summed E-state index contributed by atoms with van der Waals surface area (Å²) in [5, 5.41) is 7.41. The molecule has 1 aromatic heterocycles. The molecule has 0 radical (unpaired) electrons. The van der Waals surface area contributed by atoms with Gasteiger partial charge in [0.25, 0.3) is 5.91 Å². The minimum atomic E-state index is -3.28. The molecule has 2 aromatic carbocycles. The Morgan fingerprint density at radius 3 is 2.45 bits per heavy atom. The van der Waals surface area contributed by atoms with Crippen molar-refractivity contribution < 1.29 is 22.7 Å². The van der Waals surface area contributed by atoms with Crippen LogP contribution in [0, 0.1) is 13.8 Å². The number of anilines is 1. The van der Waals surface area contributed by atoms with Crippen molar-refractivity contribution >= 4 is 21.6 Å². The zero-order valence-electron chi connectivity index (χ0n) is 17.7. The van der Waals surface area contributed by atoms with Crippen molar-refractivity contribution in [3.63, 3.8) is 0 Å². The number of carbonyl (C=O) groups excluding carboxylic acids is 1. The summed E-state index contributed by atoms with van der Waals surface area (Å²) >= 11 is 0. The van der Waals surface area contributed by atoms with Gasteiger partial charge in [0.1, 0.15) is 5.82 Å². The van der Waals surface area contributed by atoms with Gasteiger partial charge < -0.3 is 14.8 Å². The van der Waals surface area contributed by atoms with Gasteiger partial charge in [-0.3, -0.25) is 4.79 Å². The van der Waals surface area contributed by atoms with Crippen LogP contribution in [0.1, 0.15) is 32.7 Å². The molecule has 0 aliphatic carbocycles. The van der Waals surface area contributed by atoms with Gasteiger partial charge in [0, 0.05) is 11.1 Å². The number of nitrogens with one attached hydrogen (secondary N) is 1. The number of amides is 1. The molecule has 0 atom stereocenters. The lowest BCUT2D eigenvalue weighted by atomic mass is 10.1. The molecule has 4 rings (SSSR count). The van der Waals surface area contributed by atoms with E-state index in [2.05, 4.69) is 10.4 Å². The first kappa shape index (κ1) is 20.9. The summed E-state index contributed by atoms with van der Waals surface area (Å²) in [6.45, 7) is 3.94. The Hall–Kier alpha value is -3.33. The number of benzene rings is 2. The highest BCUT2D eigenvalue weighted by atomic mass is 32.2. The van der Waals surface area contributed by atoms with E-state index in [1.54, 1.807) is 22.9 Å². The zero-order chi connectivity index (χ0) is 22.3. The molecule has 31 heavy (non-hydrogen) atoms. The maximum absolute atomic E-state index is 13.1. The largest absolute Gasteiger partial charge is 0.493 e. The van der Waals surface area contributed by atoms with Crippen LogP contribution in [0.4, 0.5) is 5.82 Å². The van der Waals surface area contributed by atoms with Gasteiger partial charge in [-0.1, -0.05) is 17.7 Å². The number of fused-ring (bicyclic) bond motifs is 1. The first-order valence-corrected chi connectivity index (χ1v) is 11.5. The van der Waals surface area contributed by atoms with Crippen LogP contribution in [0.3, 0.4) is 0 Å². The van der Waals surface area contributed by atoms with Crippen molar-refractivity contribution in [1.29, 1.82) is 0 Å². The minimum Gasteiger partial charge on any atom is -0.493 e. The summed E-state index contributed by atoms with van der Waals surface area (Å²) in [6.07, 6.45) is 0.